The third-order valence-electron chi connectivity index (χ3n) is 5.81. The SMILES string of the molecule is CCc1ccc(OCCCC(=O)N2CCN(c3ccc(-c4ccccc4)nn3)CC2)cc1. The summed E-state index contributed by atoms with van der Waals surface area (Å²) in [7, 11) is 0. The molecule has 6 heteroatoms. The normalized spacial score (nSPS) is 13.8. The van der Waals surface area contributed by atoms with E-state index in [2.05, 4.69) is 34.2 Å². The summed E-state index contributed by atoms with van der Waals surface area (Å²) in [6.45, 7) is 5.65. The number of amides is 1. The Morgan fingerprint density at radius 2 is 1.66 bits per heavy atom. The summed E-state index contributed by atoms with van der Waals surface area (Å²) in [5.74, 6) is 1.92. The van der Waals surface area contributed by atoms with Gasteiger partial charge in [-0.3, -0.25) is 4.79 Å². The number of carbonyl (C=O) groups excluding carboxylic acids is 1. The molecule has 0 radical (unpaired) electrons. The number of rotatable bonds is 8. The molecular weight excluding hydrogens is 400 g/mol. The summed E-state index contributed by atoms with van der Waals surface area (Å²) in [4.78, 5) is 16.7. The fourth-order valence-electron chi connectivity index (χ4n) is 3.83. The van der Waals surface area contributed by atoms with Crippen molar-refractivity contribution in [3.63, 3.8) is 0 Å². The van der Waals surface area contributed by atoms with E-state index in [4.69, 9.17) is 4.74 Å². The maximum absolute atomic E-state index is 12.6. The minimum absolute atomic E-state index is 0.195. The first-order chi connectivity index (χ1) is 15.7. The molecule has 0 atom stereocenters. The molecule has 1 aliphatic heterocycles. The number of nitrogens with zero attached hydrogens (tertiary/aromatic N) is 4. The number of aryl methyl sites for hydroxylation is 1. The van der Waals surface area contributed by atoms with Crippen LogP contribution in [0.15, 0.2) is 66.7 Å². The van der Waals surface area contributed by atoms with E-state index < -0.39 is 0 Å². The maximum Gasteiger partial charge on any atom is 0.222 e. The molecule has 0 aliphatic carbocycles. The molecular formula is C26H30N4O2. The van der Waals surface area contributed by atoms with Gasteiger partial charge in [0.05, 0.1) is 12.3 Å². The standard InChI is InChI=1S/C26H30N4O2/c1-2-21-10-12-23(13-11-21)32-20-6-9-26(31)30-18-16-29(17-19-30)25-15-14-24(27-28-25)22-7-4-3-5-8-22/h3-5,7-8,10-15H,2,6,9,16-20H2,1H3. The number of carbonyl (C=O) groups is 1. The summed E-state index contributed by atoms with van der Waals surface area (Å²) in [5.41, 5.74) is 3.22. The van der Waals surface area contributed by atoms with Gasteiger partial charge in [-0.1, -0.05) is 49.4 Å². The number of piperazine rings is 1. The molecule has 1 amide bonds. The Morgan fingerprint density at radius 3 is 2.31 bits per heavy atom. The molecule has 1 saturated heterocycles. The first kappa shape index (κ1) is 21.8. The van der Waals surface area contributed by atoms with Gasteiger partial charge in [0.15, 0.2) is 5.82 Å². The van der Waals surface area contributed by atoms with Gasteiger partial charge in [0.25, 0.3) is 0 Å². The molecule has 0 bridgehead atoms. The smallest absolute Gasteiger partial charge is 0.222 e. The lowest BCUT2D eigenvalue weighted by atomic mass is 10.1. The van der Waals surface area contributed by atoms with Crippen molar-refractivity contribution in [1.29, 1.82) is 0 Å². The molecule has 6 nitrogen and oxygen atoms in total. The number of aromatic nitrogens is 2. The van der Waals surface area contributed by atoms with Crippen LogP contribution in [0.1, 0.15) is 25.3 Å². The van der Waals surface area contributed by atoms with Crippen LogP contribution in [0.25, 0.3) is 11.3 Å². The Kier molecular flexibility index (Phi) is 7.33. The van der Waals surface area contributed by atoms with Crippen LogP contribution < -0.4 is 9.64 Å². The lowest BCUT2D eigenvalue weighted by Crippen LogP contribution is -2.49. The van der Waals surface area contributed by atoms with Gasteiger partial charge in [-0.05, 0) is 42.7 Å². The summed E-state index contributed by atoms with van der Waals surface area (Å²) in [6.07, 6.45) is 2.26. The second-order valence-electron chi connectivity index (χ2n) is 7.96. The predicted molar refractivity (Wildman–Crippen MR) is 127 cm³/mol. The van der Waals surface area contributed by atoms with Gasteiger partial charge < -0.3 is 14.5 Å². The van der Waals surface area contributed by atoms with Crippen molar-refractivity contribution in [3.8, 4) is 17.0 Å². The average Bonchev–Trinajstić information content (AvgIpc) is 2.87. The van der Waals surface area contributed by atoms with E-state index in [1.807, 2.05) is 59.5 Å². The highest BCUT2D eigenvalue weighted by Crippen LogP contribution is 2.19. The molecule has 0 unspecified atom stereocenters. The van der Waals surface area contributed by atoms with Gasteiger partial charge in [-0.25, -0.2) is 0 Å². The highest BCUT2D eigenvalue weighted by Gasteiger charge is 2.21. The van der Waals surface area contributed by atoms with Gasteiger partial charge in [-0.15, -0.1) is 10.2 Å². The van der Waals surface area contributed by atoms with Crippen LogP contribution in [0.4, 0.5) is 5.82 Å². The number of hydrogen-bond donors (Lipinski definition) is 0. The Hall–Kier alpha value is -3.41. The second kappa shape index (κ2) is 10.8. The largest absolute Gasteiger partial charge is 0.494 e. The van der Waals surface area contributed by atoms with Crippen molar-refractivity contribution in [1.82, 2.24) is 15.1 Å². The zero-order valence-electron chi connectivity index (χ0n) is 18.6. The number of benzene rings is 2. The minimum Gasteiger partial charge on any atom is -0.494 e. The molecule has 1 aromatic heterocycles. The fourth-order valence-corrected chi connectivity index (χ4v) is 3.83. The van der Waals surface area contributed by atoms with Crippen LogP contribution in [-0.2, 0) is 11.2 Å². The van der Waals surface area contributed by atoms with Gasteiger partial charge in [0, 0.05) is 38.2 Å². The van der Waals surface area contributed by atoms with Gasteiger partial charge in [0.2, 0.25) is 5.91 Å². The Labute approximate surface area is 189 Å². The van der Waals surface area contributed by atoms with Crippen molar-refractivity contribution in [2.24, 2.45) is 0 Å². The summed E-state index contributed by atoms with van der Waals surface area (Å²) in [6, 6.07) is 22.2. The van der Waals surface area contributed by atoms with Crippen LogP contribution in [0.3, 0.4) is 0 Å². The fraction of sp³-hybridized carbons (Fsp3) is 0.346. The topological polar surface area (TPSA) is 58.6 Å². The van der Waals surface area contributed by atoms with Crippen LogP contribution >= 0.6 is 0 Å². The average molecular weight is 431 g/mol. The number of anilines is 1. The monoisotopic (exact) mass is 430 g/mol. The highest BCUT2D eigenvalue weighted by molar-refractivity contribution is 5.76. The number of ether oxygens (including phenoxy) is 1. The quantitative estimate of drug-likeness (QED) is 0.501. The van der Waals surface area contributed by atoms with Gasteiger partial charge in [-0.2, -0.15) is 0 Å². The molecule has 3 aromatic rings. The van der Waals surface area contributed by atoms with E-state index in [-0.39, 0.29) is 5.91 Å². The van der Waals surface area contributed by atoms with E-state index in [1.165, 1.54) is 5.56 Å². The number of hydrogen-bond acceptors (Lipinski definition) is 5. The molecule has 4 rings (SSSR count). The maximum atomic E-state index is 12.6. The molecule has 0 N–H and O–H groups in total. The molecule has 2 aromatic carbocycles. The predicted octanol–water partition coefficient (Wildman–Crippen LogP) is 4.21. The lowest BCUT2D eigenvalue weighted by Gasteiger charge is -2.35. The molecule has 2 heterocycles. The summed E-state index contributed by atoms with van der Waals surface area (Å²) >= 11 is 0. The van der Waals surface area contributed by atoms with Crippen molar-refractivity contribution >= 4 is 11.7 Å². The van der Waals surface area contributed by atoms with Crippen LogP contribution in [-0.4, -0.2) is 53.8 Å². The van der Waals surface area contributed by atoms with Crippen LogP contribution in [0, 0.1) is 0 Å². The molecule has 1 aliphatic rings. The molecule has 0 spiro atoms. The molecule has 32 heavy (non-hydrogen) atoms. The zero-order valence-corrected chi connectivity index (χ0v) is 18.6. The van der Waals surface area contributed by atoms with Gasteiger partial charge in [0.1, 0.15) is 5.75 Å². The third-order valence-corrected chi connectivity index (χ3v) is 5.81. The van der Waals surface area contributed by atoms with Crippen molar-refractivity contribution < 1.29 is 9.53 Å². The first-order valence-electron chi connectivity index (χ1n) is 11.4. The second-order valence-corrected chi connectivity index (χ2v) is 7.96. The zero-order chi connectivity index (χ0) is 22.2. The van der Waals surface area contributed by atoms with E-state index in [0.29, 0.717) is 26.1 Å². The summed E-state index contributed by atoms with van der Waals surface area (Å²) in [5, 5.41) is 8.78. The Bertz CT molecular complexity index is 983. The third kappa shape index (κ3) is 5.63. The molecule has 0 saturated carbocycles. The highest BCUT2D eigenvalue weighted by atomic mass is 16.5. The Morgan fingerprint density at radius 1 is 0.906 bits per heavy atom. The van der Waals surface area contributed by atoms with Crippen LogP contribution in [0.5, 0.6) is 5.75 Å². The van der Waals surface area contributed by atoms with E-state index in [1.54, 1.807) is 0 Å². The molecule has 1 fully saturated rings. The van der Waals surface area contributed by atoms with Crippen molar-refractivity contribution in [3.05, 3.63) is 72.3 Å². The lowest BCUT2D eigenvalue weighted by molar-refractivity contribution is -0.131. The van der Waals surface area contributed by atoms with Crippen LogP contribution in [0.2, 0.25) is 0 Å². The molecule has 166 valence electrons. The van der Waals surface area contributed by atoms with Crippen molar-refractivity contribution in [2.75, 3.05) is 37.7 Å². The summed E-state index contributed by atoms with van der Waals surface area (Å²) < 4.78 is 5.77. The minimum atomic E-state index is 0.195. The van der Waals surface area contributed by atoms with Crippen molar-refractivity contribution in [2.45, 2.75) is 26.2 Å². The Balaban J connectivity index is 1.19. The van der Waals surface area contributed by atoms with E-state index >= 15 is 0 Å². The van der Waals surface area contributed by atoms with E-state index in [0.717, 1.165) is 48.8 Å². The van der Waals surface area contributed by atoms with Gasteiger partial charge >= 0.3 is 0 Å². The van der Waals surface area contributed by atoms with E-state index in [9.17, 15) is 4.79 Å². The first-order valence-corrected chi connectivity index (χ1v) is 11.4.